The molecule has 9 heteroatoms. The van der Waals surface area contributed by atoms with Gasteiger partial charge in [-0.2, -0.15) is 5.48 Å². The van der Waals surface area contributed by atoms with E-state index in [2.05, 4.69) is 68.4 Å². The van der Waals surface area contributed by atoms with E-state index in [4.69, 9.17) is 12.9 Å². The Morgan fingerprint density at radius 2 is 1.94 bits per heavy atom. The van der Waals surface area contributed by atoms with E-state index >= 15 is 0 Å². The van der Waals surface area contributed by atoms with Gasteiger partial charge >= 0.3 is 0 Å². The molecule has 4 rings (SSSR count). The molecule has 0 radical (unpaired) electrons. The zero-order valence-corrected chi connectivity index (χ0v) is 23.6. The summed E-state index contributed by atoms with van der Waals surface area (Å²) >= 11 is 0.673. The summed E-state index contributed by atoms with van der Waals surface area (Å²) in [6.45, 7) is 15.8. The normalized spacial score (nSPS) is 22.3. The Bertz CT molecular complexity index is 1100. The third-order valence-corrected chi connectivity index (χ3v) is 12.9. The molecule has 192 valence electrons. The number of rotatable bonds is 9. The third kappa shape index (κ3) is 5.12. The first-order valence-corrected chi connectivity index (χ1v) is 15.9. The zero-order valence-electron chi connectivity index (χ0n) is 21.8. The van der Waals surface area contributed by atoms with Gasteiger partial charge in [0.2, 0.25) is 0 Å². The van der Waals surface area contributed by atoms with Crippen LogP contribution in [0.5, 0.6) is 11.5 Å². The van der Waals surface area contributed by atoms with Crippen LogP contribution >= 0.6 is 12.3 Å². The number of Topliss-reactive ketones (excluding diaryl/α,β-unsaturated/α-hetero) is 1. The highest BCUT2D eigenvalue weighted by atomic mass is 32.2. The minimum Gasteiger partial charge on any atom is -0.543 e. The van der Waals surface area contributed by atoms with Crippen molar-refractivity contribution in [2.45, 2.75) is 84.4 Å². The van der Waals surface area contributed by atoms with Crippen molar-refractivity contribution in [1.82, 2.24) is 5.48 Å². The third-order valence-electron chi connectivity index (χ3n) is 8.15. The van der Waals surface area contributed by atoms with Gasteiger partial charge in [-0.25, -0.2) is 0 Å². The van der Waals surface area contributed by atoms with Crippen LogP contribution in [0, 0.1) is 5.41 Å². The maximum absolute atomic E-state index is 12.8. The summed E-state index contributed by atoms with van der Waals surface area (Å²) < 4.78 is 17.4. The van der Waals surface area contributed by atoms with Crippen LogP contribution in [0.1, 0.15) is 70.9 Å². The van der Waals surface area contributed by atoms with E-state index in [-0.39, 0.29) is 16.4 Å². The van der Waals surface area contributed by atoms with Crippen LogP contribution in [0.3, 0.4) is 0 Å². The summed E-state index contributed by atoms with van der Waals surface area (Å²) in [5.74, 6) is 2.14. The summed E-state index contributed by atoms with van der Waals surface area (Å²) in [5.41, 5.74) is 4.86. The van der Waals surface area contributed by atoms with E-state index in [9.17, 15) is 4.79 Å². The van der Waals surface area contributed by atoms with Crippen molar-refractivity contribution in [2.75, 3.05) is 6.54 Å². The minimum absolute atomic E-state index is 0.0503. The van der Waals surface area contributed by atoms with Crippen molar-refractivity contribution in [1.29, 1.82) is 0 Å². The largest absolute Gasteiger partial charge is 0.543 e. The predicted octanol–water partition coefficient (Wildman–Crippen LogP) is 6.97. The van der Waals surface area contributed by atoms with Crippen LogP contribution in [0.15, 0.2) is 24.3 Å². The molecule has 0 aromatic heterocycles. The topological polar surface area (TPSA) is 75.2 Å². The number of ketones is 1. The Balaban J connectivity index is 1.72. The Labute approximate surface area is 213 Å². The number of carbonyl (C=O) groups is 1. The molecule has 1 N–H and O–H groups in total. The molecule has 2 unspecified atom stereocenters. The van der Waals surface area contributed by atoms with Crippen LogP contribution in [-0.2, 0) is 25.6 Å². The predicted molar refractivity (Wildman–Crippen MR) is 140 cm³/mol. The first-order valence-electron chi connectivity index (χ1n) is 12.4. The first kappa shape index (κ1) is 26.4. The minimum atomic E-state index is -2.12. The highest BCUT2D eigenvalue weighted by Crippen LogP contribution is 2.56. The van der Waals surface area contributed by atoms with Gasteiger partial charge in [0, 0.05) is 23.8 Å². The molecule has 0 heterocycles. The fraction of sp³-hybridized carbons (Fsp3) is 0.577. The number of fused-ring (bicyclic) bond motifs is 5. The quantitative estimate of drug-likeness (QED) is 0.125. The maximum atomic E-state index is 12.8. The SMILES string of the molecule is CCNOOOSOc1ccc2c3c(cc(O[Si](C)(C)C(C)(C)C)c2c1)C1CCC(=O)C1(C)CC3. The van der Waals surface area contributed by atoms with Crippen LogP contribution < -0.4 is 14.1 Å². The van der Waals surface area contributed by atoms with Crippen molar-refractivity contribution < 1.29 is 27.8 Å². The number of hydrogen-bond donors (Lipinski definition) is 1. The molecule has 1 saturated carbocycles. The molecule has 2 aliphatic rings. The van der Waals surface area contributed by atoms with Crippen molar-refractivity contribution in [3.63, 3.8) is 0 Å². The lowest BCUT2D eigenvalue weighted by molar-refractivity contribution is -0.487. The molecule has 2 atom stereocenters. The summed E-state index contributed by atoms with van der Waals surface area (Å²) in [5, 5.41) is 6.76. The van der Waals surface area contributed by atoms with Crippen molar-refractivity contribution in [3.8, 4) is 11.5 Å². The van der Waals surface area contributed by atoms with Crippen LogP contribution in [0.25, 0.3) is 10.8 Å². The van der Waals surface area contributed by atoms with Gasteiger partial charge in [0.25, 0.3) is 20.6 Å². The summed E-state index contributed by atoms with van der Waals surface area (Å²) in [6, 6.07) is 8.23. The summed E-state index contributed by atoms with van der Waals surface area (Å²) in [6.07, 6.45) is 3.36. The zero-order chi connectivity index (χ0) is 25.4. The molecule has 0 aliphatic heterocycles. The molecular weight excluding hydrogens is 482 g/mol. The number of aryl methyl sites for hydroxylation is 1. The molecule has 0 spiro atoms. The molecule has 7 nitrogen and oxygen atoms in total. The summed E-state index contributed by atoms with van der Waals surface area (Å²) in [7, 11) is -2.12. The Morgan fingerprint density at radius 3 is 2.66 bits per heavy atom. The van der Waals surface area contributed by atoms with Gasteiger partial charge in [0.1, 0.15) is 17.3 Å². The lowest BCUT2D eigenvalue weighted by Gasteiger charge is -2.40. The lowest BCUT2D eigenvalue weighted by Crippen LogP contribution is -2.44. The molecule has 2 aromatic carbocycles. The number of benzene rings is 2. The number of hydroxylamine groups is 1. The van der Waals surface area contributed by atoms with Crippen LogP contribution in [-0.4, -0.2) is 20.6 Å². The second-order valence-corrected chi connectivity index (χ2v) is 16.5. The maximum Gasteiger partial charge on any atom is 0.261 e. The number of carbonyl (C=O) groups excluding carboxylic acids is 1. The second-order valence-electron chi connectivity index (χ2n) is 11.3. The van der Waals surface area contributed by atoms with Gasteiger partial charge in [-0.3, -0.25) is 4.79 Å². The van der Waals surface area contributed by atoms with E-state index < -0.39 is 8.32 Å². The van der Waals surface area contributed by atoms with Crippen LogP contribution in [0.4, 0.5) is 0 Å². The van der Waals surface area contributed by atoms with Gasteiger partial charge in [-0.05, 0) is 83.1 Å². The average Bonchev–Trinajstić information content (AvgIpc) is 3.10. The van der Waals surface area contributed by atoms with Crippen LogP contribution in [0.2, 0.25) is 18.1 Å². The monoisotopic (exact) mass is 519 g/mol. The fourth-order valence-electron chi connectivity index (χ4n) is 5.04. The van der Waals surface area contributed by atoms with Gasteiger partial charge in [0.15, 0.2) is 0 Å². The lowest BCUT2D eigenvalue weighted by atomic mass is 9.66. The highest BCUT2D eigenvalue weighted by molar-refractivity contribution is 7.90. The number of nitrogens with one attached hydrogen (secondary N) is 1. The van der Waals surface area contributed by atoms with E-state index in [0.29, 0.717) is 36.8 Å². The number of hydrogen-bond acceptors (Lipinski definition) is 8. The second kappa shape index (κ2) is 10.0. The van der Waals surface area contributed by atoms with E-state index in [1.54, 1.807) is 0 Å². The molecule has 2 aliphatic carbocycles. The fourth-order valence-corrected chi connectivity index (χ4v) is 6.32. The highest BCUT2D eigenvalue weighted by Gasteiger charge is 2.49. The summed E-state index contributed by atoms with van der Waals surface area (Å²) in [4.78, 5) is 17.4. The Morgan fingerprint density at radius 1 is 1.17 bits per heavy atom. The first-order chi connectivity index (χ1) is 16.5. The van der Waals surface area contributed by atoms with Crippen molar-refractivity contribution in [3.05, 3.63) is 35.4 Å². The van der Waals surface area contributed by atoms with Crippen molar-refractivity contribution >= 4 is 37.2 Å². The van der Waals surface area contributed by atoms with E-state index in [1.807, 2.05) is 19.1 Å². The smallest absolute Gasteiger partial charge is 0.261 e. The standard InChI is InChI=1S/C26H37NO6SSi/c1-8-27-31-32-33-34-29-17-9-10-18-19-13-14-26(5)22(11-12-24(26)28)20(19)16-23(21(18)15-17)30-35(6,7)25(2,3)4/h9-10,15-16,22,27H,8,11-14H2,1-7H3. The molecular formula is C26H37NO6SSi. The van der Waals surface area contributed by atoms with E-state index in [1.165, 1.54) is 16.5 Å². The van der Waals surface area contributed by atoms with Gasteiger partial charge < -0.3 is 8.61 Å². The Hall–Kier alpha value is -1.62. The molecule has 0 bridgehead atoms. The van der Waals surface area contributed by atoms with Gasteiger partial charge in [-0.15, -0.1) is 4.99 Å². The average molecular weight is 520 g/mol. The van der Waals surface area contributed by atoms with Crippen molar-refractivity contribution in [2.24, 2.45) is 5.41 Å². The van der Waals surface area contributed by atoms with E-state index in [0.717, 1.165) is 30.4 Å². The molecule has 35 heavy (non-hydrogen) atoms. The Kier molecular flexibility index (Phi) is 7.58. The molecule has 0 saturated heterocycles. The molecule has 0 amide bonds. The molecule has 1 fully saturated rings. The molecule has 2 aromatic rings. The van der Waals surface area contributed by atoms with Gasteiger partial charge in [0.05, 0.1) is 0 Å². The van der Waals surface area contributed by atoms with Gasteiger partial charge in [-0.1, -0.05) is 45.0 Å².